The van der Waals surface area contributed by atoms with Gasteiger partial charge < -0.3 is 30.6 Å². The maximum atomic E-state index is 12.4. The lowest BCUT2D eigenvalue weighted by Crippen LogP contribution is -2.18. The van der Waals surface area contributed by atoms with E-state index in [1.54, 1.807) is 48.5 Å². The molecule has 0 heterocycles. The number of nitrogens with two attached hydrogens (primary N) is 1. The molecule has 0 aliphatic heterocycles. The zero-order valence-corrected chi connectivity index (χ0v) is 19.2. The Morgan fingerprint density at radius 2 is 1.06 bits per heavy atom. The summed E-state index contributed by atoms with van der Waals surface area (Å²) in [6, 6.07) is 15.8. The molecule has 0 atom stereocenters. The van der Waals surface area contributed by atoms with Crippen molar-refractivity contribution in [2.45, 2.75) is 0 Å². The monoisotopic (exact) mass is 477 g/mol. The van der Waals surface area contributed by atoms with Gasteiger partial charge in [0.15, 0.2) is 0 Å². The molecule has 10 nitrogen and oxygen atoms in total. The number of esters is 3. The Hall–Kier alpha value is -4.86. The van der Waals surface area contributed by atoms with E-state index in [9.17, 15) is 19.2 Å². The number of anilines is 4. The van der Waals surface area contributed by atoms with E-state index in [0.717, 1.165) is 0 Å². The van der Waals surface area contributed by atoms with Crippen LogP contribution in [0.4, 0.5) is 22.7 Å². The maximum Gasteiger partial charge on any atom is 0.338 e. The number of benzene rings is 3. The van der Waals surface area contributed by atoms with Crippen LogP contribution in [0.5, 0.6) is 0 Å². The van der Waals surface area contributed by atoms with Crippen LogP contribution in [0.15, 0.2) is 60.7 Å². The van der Waals surface area contributed by atoms with E-state index in [1.807, 2.05) is 0 Å². The van der Waals surface area contributed by atoms with Crippen LogP contribution in [-0.4, -0.2) is 45.1 Å². The van der Waals surface area contributed by atoms with Crippen LogP contribution in [0.2, 0.25) is 0 Å². The van der Waals surface area contributed by atoms with E-state index in [2.05, 4.69) is 10.6 Å². The summed E-state index contributed by atoms with van der Waals surface area (Å²) >= 11 is 0. The molecule has 0 unspecified atom stereocenters. The second-order valence-electron chi connectivity index (χ2n) is 7.19. The van der Waals surface area contributed by atoms with Crippen LogP contribution in [-0.2, 0) is 14.2 Å². The summed E-state index contributed by atoms with van der Waals surface area (Å²) in [5.41, 5.74) is 7.72. The van der Waals surface area contributed by atoms with Crippen LogP contribution in [0.1, 0.15) is 41.4 Å². The van der Waals surface area contributed by atoms with Crippen LogP contribution in [0, 0.1) is 0 Å². The number of primary amides is 1. The second kappa shape index (κ2) is 10.8. The van der Waals surface area contributed by atoms with Crippen molar-refractivity contribution in [3.05, 3.63) is 82.9 Å². The molecule has 0 fully saturated rings. The molecule has 0 spiro atoms. The molecule has 180 valence electrons. The molecule has 0 radical (unpaired) electrons. The highest BCUT2D eigenvalue weighted by molar-refractivity contribution is 6.07. The van der Waals surface area contributed by atoms with Crippen molar-refractivity contribution in [1.82, 2.24) is 0 Å². The summed E-state index contributed by atoms with van der Waals surface area (Å²) in [5.74, 6) is -2.64. The number of methoxy groups -OCH3 is 3. The molecule has 35 heavy (non-hydrogen) atoms. The summed E-state index contributed by atoms with van der Waals surface area (Å²) in [7, 11) is 3.74. The molecule has 3 aromatic carbocycles. The van der Waals surface area contributed by atoms with Gasteiger partial charge in [-0.15, -0.1) is 0 Å². The Morgan fingerprint density at radius 3 is 1.46 bits per heavy atom. The lowest BCUT2D eigenvalue weighted by atomic mass is 10.0. The number of carbonyl (C=O) groups is 4. The van der Waals surface area contributed by atoms with Gasteiger partial charge in [-0.25, -0.2) is 14.4 Å². The van der Waals surface area contributed by atoms with Gasteiger partial charge in [0.25, 0.3) is 0 Å². The first-order chi connectivity index (χ1) is 16.8. The first kappa shape index (κ1) is 24.8. The minimum Gasteiger partial charge on any atom is -0.465 e. The lowest BCUT2D eigenvalue weighted by Gasteiger charge is -2.18. The zero-order valence-electron chi connectivity index (χ0n) is 19.2. The topological polar surface area (TPSA) is 146 Å². The lowest BCUT2D eigenvalue weighted by molar-refractivity contribution is 0.0590. The third kappa shape index (κ3) is 5.74. The SMILES string of the molecule is COC(=O)c1cccc(Nc2cc(C(N)=O)c(C(=O)OC)cc2Nc2cccc(C(=O)OC)c2)c1. The number of nitrogens with one attached hydrogen (secondary N) is 2. The maximum absolute atomic E-state index is 12.4. The van der Waals surface area contributed by atoms with Gasteiger partial charge in [0.1, 0.15) is 0 Å². The van der Waals surface area contributed by atoms with E-state index in [0.29, 0.717) is 33.9 Å². The molecule has 0 aromatic heterocycles. The standard InChI is InChI=1S/C25H23N3O7/c1-33-23(30)14-6-4-8-16(10-14)27-20-12-18(22(26)29)19(25(32)35-3)13-21(20)28-17-9-5-7-15(11-17)24(31)34-2/h4-13,27-28H,1-3H3,(H2,26,29). The molecule has 0 saturated heterocycles. The number of ether oxygens (including phenoxy) is 3. The number of hydrogen-bond donors (Lipinski definition) is 3. The molecule has 10 heteroatoms. The number of amides is 1. The quantitative estimate of drug-likeness (QED) is 0.327. The Morgan fingerprint density at radius 1 is 0.629 bits per heavy atom. The highest BCUT2D eigenvalue weighted by atomic mass is 16.5. The second-order valence-corrected chi connectivity index (χ2v) is 7.19. The van der Waals surface area contributed by atoms with Gasteiger partial charge in [-0.1, -0.05) is 12.1 Å². The van der Waals surface area contributed by atoms with Gasteiger partial charge in [-0.3, -0.25) is 4.79 Å². The summed E-state index contributed by atoms with van der Waals surface area (Å²) in [6.07, 6.45) is 0. The van der Waals surface area contributed by atoms with Crippen molar-refractivity contribution in [3.63, 3.8) is 0 Å². The van der Waals surface area contributed by atoms with Gasteiger partial charge >= 0.3 is 17.9 Å². The largest absolute Gasteiger partial charge is 0.465 e. The number of rotatable bonds is 8. The predicted octanol–water partition coefficient (Wildman–Crippen LogP) is 3.63. The van der Waals surface area contributed by atoms with E-state index in [1.165, 1.54) is 33.5 Å². The van der Waals surface area contributed by atoms with E-state index >= 15 is 0 Å². The molecule has 0 saturated carbocycles. The molecule has 1 amide bonds. The fourth-order valence-electron chi connectivity index (χ4n) is 3.28. The predicted molar refractivity (Wildman–Crippen MR) is 128 cm³/mol. The molecule has 3 rings (SSSR count). The first-order valence-electron chi connectivity index (χ1n) is 10.2. The molecule has 0 bridgehead atoms. The molecule has 0 aliphatic rings. The fraction of sp³-hybridized carbons (Fsp3) is 0.120. The van der Waals surface area contributed by atoms with Crippen molar-refractivity contribution in [2.75, 3.05) is 32.0 Å². The van der Waals surface area contributed by atoms with Crippen molar-refractivity contribution >= 4 is 46.6 Å². The minimum absolute atomic E-state index is 0.0551. The summed E-state index contributed by atoms with van der Waals surface area (Å²) in [6.45, 7) is 0. The van der Waals surface area contributed by atoms with E-state index in [4.69, 9.17) is 19.9 Å². The molecule has 0 aliphatic carbocycles. The van der Waals surface area contributed by atoms with Crippen LogP contribution >= 0.6 is 0 Å². The minimum atomic E-state index is -0.837. The van der Waals surface area contributed by atoms with Crippen molar-refractivity contribution < 1.29 is 33.4 Å². The van der Waals surface area contributed by atoms with Crippen molar-refractivity contribution in [2.24, 2.45) is 5.73 Å². The number of hydrogen-bond acceptors (Lipinski definition) is 9. The highest BCUT2D eigenvalue weighted by Crippen LogP contribution is 2.33. The van der Waals surface area contributed by atoms with Crippen molar-refractivity contribution in [1.29, 1.82) is 0 Å². The van der Waals surface area contributed by atoms with Gasteiger partial charge in [0.05, 0.1) is 55.0 Å². The third-order valence-corrected chi connectivity index (χ3v) is 4.95. The van der Waals surface area contributed by atoms with Crippen LogP contribution in [0.25, 0.3) is 0 Å². The Kier molecular flexibility index (Phi) is 7.67. The zero-order chi connectivity index (χ0) is 25.5. The summed E-state index contributed by atoms with van der Waals surface area (Å²) in [4.78, 5) is 48.3. The van der Waals surface area contributed by atoms with Crippen LogP contribution < -0.4 is 16.4 Å². The van der Waals surface area contributed by atoms with E-state index < -0.39 is 23.8 Å². The van der Waals surface area contributed by atoms with Gasteiger partial charge in [-0.05, 0) is 48.5 Å². The fourth-order valence-corrected chi connectivity index (χ4v) is 3.28. The van der Waals surface area contributed by atoms with E-state index in [-0.39, 0.29) is 11.1 Å². The average molecular weight is 477 g/mol. The van der Waals surface area contributed by atoms with Gasteiger partial charge in [0.2, 0.25) is 5.91 Å². The molecule has 3 aromatic rings. The Balaban J connectivity index is 2.12. The van der Waals surface area contributed by atoms with Crippen LogP contribution in [0.3, 0.4) is 0 Å². The Labute approximate surface area is 201 Å². The number of carbonyl (C=O) groups excluding carboxylic acids is 4. The normalized spacial score (nSPS) is 10.1. The third-order valence-electron chi connectivity index (χ3n) is 4.95. The summed E-state index contributed by atoms with van der Waals surface area (Å²) < 4.78 is 14.3. The van der Waals surface area contributed by atoms with Gasteiger partial charge in [-0.2, -0.15) is 0 Å². The first-order valence-corrected chi connectivity index (χ1v) is 10.2. The summed E-state index contributed by atoms with van der Waals surface area (Å²) in [5, 5.41) is 6.24. The smallest absolute Gasteiger partial charge is 0.338 e. The molecular formula is C25H23N3O7. The molecule has 4 N–H and O–H groups in total. The average Bonchev–Trinajstić information content (AvgIpc) is 2.88. The van der Waals surface area contributed by atoms with Gasteiger partial charge in [0, 0.05) is 11.4 Å². The Bertz CT molecular complexity index is 1300. The highest BCUT2D eigenvalue weighted by Gasteiger charge is 2.20. The molecular weight excluding hydrogens is 454 g/mol. The van der Waals surface area contributed by atoms with Crippen molar-refractivity contribution in [3.8, 4) is 0 Å².